The van der Waals surface area contributed by atoms with Crippen LogP contribution in [0, 0.1) is 0 Å². The topological polar surface area (TPSA) is 41.5 Å². The minimum atomic E-state index is -0.0994. The highest BCUT2D eigenvalue weighted by atomic mass is 35.5. The molecule has 80 valence electrons. The van der Waals surface area contributed by atoms with Crippen molar-refractivity contribution in [2.45, 2.75) is 40.2 Å². The number of hydrazone groups is 1. The molecule has 0 aromatic heterocycles. The third kappa shape index (κ3) is 5.75. The summed E-state index contributed by atoms with van der Waals surface area (Å²) in [7, 11) is 0. The van der Waals surface area contributed by atoms with E-state index in [0.717, 1.165) is 0 Å². The van der Waals surface area contributed by atoms with Gasteiger partial charge in [-0.3, -0.25) is 4.79 Å². The quantitative estimate of drug-likeness (QED) is 0.447. The fourth-order valence-corrected chi connectivity index (χ4v) is 0.729. The number of carbonyl (C=O) groups excluding carboxylic acids is 1. The zero-order chi connectivity index (χ0) is 11.4. The molecule has 3 nitrogen and oxygen atoms in total. The van der Waals surface area contributed by atoms with Crippen molar-refractivity contribution in [2.24, 2.45) is 5.10 Å². The van der Waals surface area contributed by atoms with Gasteiger partial charge in [-0.05, 0) is 34.6 Å². The second-order valence-corrected chi connectivity index (χ2v) is 4.56. The van der Waals surface area contributed by atoms with Crippen LogP contribution in [0.3, 0.4) is 0 Å². The Morgan fingerprint density at radius 3 is 2.21 bits per heavy atom. The molecular formula is C10H17ClN2O. The molecule has 0 amide bonds. The first-order chi connectivity index (χ1) is 6.24. The lowest BCUT2D eigenvalue weighted by Crippen LogP contribution is -2.31. The van der Waals surface area contributed by atoms with Crippen LogP contribution in [0.4, 0.5) is 0 Å². The summed E-state index contributed by atoms with van der Waals surface area (Å²) in [5.74, 6) is -0.0443. The van der Waals surface area contributed by atoms with E-state index >= 15 is 0 Å². The Bertz CT molecular complexity index is 274. The zero-order valence-electron chi connectivity index (χ0n) is 9.31. The predicted molar refractivity (Wildman–Crippen MR) is 60.6 cm³/mol. The molecule has 0 heterocycles. The fraction of sp³-hybridized carbons (Fsp3) is 0.600. The highest BCUT2D eigenvalue weighted by Crippen LogP contribution is 2.07. The minimum absolute atomic E-state index is 0.0443. The first-order valence-corrected chi connectivity index (χ1v) is 4.79. The van der Waals surface area contributed by atoms with E-state index in [0.29, 0.717) is 10.6 Å². The summed E-state index contributed by atoms with van der Waals surface area (Å²) >= 11 is 5.82. The largest absolute Gasteiger partial charge is 0.305 e. The van der Waals surface area contributed by atoms with Gasteiger partial charge < -0.3 is 5.43 Å². The summed E-state index contributed by atoms with van der Waals surface area (Å²) in [6, 6.07) is 0. The number of Topliss-reactive ketones (excluding diaryl/α,β-unsaturated/α-hetero) is 1. The van der Waals surface area contributed by atoms with Crippen LogP contribution in [-0.2, 0) is 4.79 Å². The van der Waals surface area contributed by atoms with Gasteiger partial charge in [0, 0.05) is 11.1 Å². The molecule has 0 aliphatic carbocycles. The molecule has 4 heteroatoms. The second-order valence-electron chi connectivity index (χ2n) is 4.15. The van der Waals surface area contributed by atoms with Crippen LogP contribution in [0.15, 0.2) is 15.7 Å². The monoisotopic (exact) mass is 216 g/mol. The first-order valence-electron chi connectivity index (χ1n) is 4.41. The average molecular weight is 217 g/mol. The normalized spacial score (nSPS) is 14.1. The third-order valence-electron chi connectivity index (χ3n) is 1.46. The van der Waals surface area contributed by atoms with E-state index < -0.39 is 0 Å². The van der Waals surface area contributed by atoms with Crippen molar-refractivity contribution in [3.8, 4) is 0 Å². The van der Waals surface area contributed by atoms with Crippen LogP contribution in [0.1, 0.15) is 34.6 Å². The van der Waals surface area contributed by atoms with E-state index in [1.807, 2.05) is 20.8 Å². The standard InChI is InChI=1S/C10H17ClN2O/c1-7(8(2)14)9(11)6-12-13-10(3,4)5/h6,13H,1-5H3/b9-7+,12-6-. The van der Waals surface area contributed by atoms with Crippen LogP contribution < -0.4 is 5.43 Å². The van der Waals surface area contributed by atoms with Gasteiger partial charge in [0.25, 0.3) is 0 Å². The Kier molecular flexibility index (Phi) is 4.85. The Hall–Kier alpha value is -0.830. The molecule has 0 bridgehead atoms. The maximum absolute atomic E-state index is 10.9. The smallest absolute Gasteiger partial charge is 0.157 e. The van der Waals surface area contributed by atoms with Gasteiger partial charge in [0.2, 0.25) is 0 Å². The lowest BCUT2D eigenvalue weighted by Gasteiger charge is -2.16. The molecule has 0 spiro atoms. The van der Waals surface area contributed by atoms with Crippen LogP contribution in [0.2, 0.25) is 0 Å². The summed E-state index contributed by atoms with van der Waals surface area (Å²) in [6.07, 6.45) is 1.45. The summed E-state index contributed by atoms with van der Waals surface area (Å²) in [5, 5.41) is 4.30. The first kappa shape index (κ1) is 13.2. The number of nitrogens with one attached hydrogen (secondary N) is 1. The van der Waals surface area contributed by atoms with Crippen molar-refractivity contribution in [3.63, 3.8) is 0 Å². The number of carbonyl (C=O) groups is 1. The maximum atomic E-state index is 10.9. The molecule has 1 N–H and O–H groups in total. The van der Waals surface area contributed by atoms with Gasteiger partial charge in [-0.1, -0.05) is 11.6 Å². The Morgan fingerprint density at radius 1 is 1.36 bits per heavy atom. The van der Waals surface area contributed by atoms with Gasteiger partial charge in [-0.2, -0.15) is 5.10 Å². The van der Waals surface area contributed by atoms with Crippen molar-refractivity contribution < 1.29 is 4.79 Å². The highest BCUT2D eigenvalue weighted by Gasteiger charge is 2.06. The van der Waals surface area contributed by atoms with E-state index in [2.05, 4.69) is 10.5 Å². The molecule has 0 aromatic rings. The predicted octanol–water partition coefficient (Wildman–Crippen LogP) is 2.46. The number of hydrogen-bond acceptors (Lipinski definition) is 3. The van der Waals surface area contributed by atoms with Crippen LogP contribution in [-0.4, -0.2) is 17.5 Å². The van der Waals surface area contributed by atoms with Crippen LogP contribution >= 0.6 is 11.6 Å². The van der Waals surface area contributed by atoms with Gasteiger partial charge in [-0.15, -0.1) is 0 Å². The Morgan fingerprint density at radius 2 is 1.86 bits per heavy atom. The molecule has 0 aromatic carbocycles. The number of nitrogens with zero attached hydrogens (tertiary/aromatic N) is 1. The summed E-state index contributed by atoms with van der Waals surface area (Å²) in [4.78, 5) is 10.9. The van der Waals surface area contributed by atoms with Gasteiger partial charge in [0.1, 0.15) is 0 Å². The summed E-state index contributed by atoms with van der Waals surface area (Å²) in [6.45, 7) is 9.11. The molecule has 0 aliphatic rings. The Labute approximate surface area is 90.2 Å². The summed E-state index contributed by atoms with van der Waals surface area (Å²) < 4.78 is 0. The minimum Gasteiger partial charge on any atom is -0.305 e. The van der Waals surface area contributed by atoms with Crippen molar-refractivity contribution in [1.29, 1.82) is 0 Å². The van der Waals surface area contributed by atoms with Gasteiger partial charge >= 0.3 is 0 Å². The average Bonchev–Trinajstić information content (AvgIpc) is 2.00. The third-order valence-corrected chi connectivity index (χ3v) is 1.85. The number of halogens is 1. The Balaban J connectivity index is 4.40. The van der Waals surface area contributed by atoms with Gasteiger partial charge in [0.05, 0.1) is 11.2 Å². The number of allylic oxidation sites excluding steroid dienone is 2. The lowest BCUT2D eigenvalue weighted by atomic mass is 10.1. The van der Waals surface area contributed by atoms with Gasteiger partial charge in [0.15, 0.2) is 5.78 Å². The fourth-order valence-electron chi connectivity index (χ4n) is 0.548. The number of rotatable bonds is 3. The van der Waals surface area contributed by atoms with Crippen molar-refractivity contribution in [3.05, 3.63) is 10.6 Å². The highest BCUT2D eigenvalue weighted by molar-refractivity contribution is 6.41. The molecular weight excluding hydrogens is 200 g/mol. The van der Waals surface area contributed by atoms with E-state index in [9.17, 15) is 4.79 Å². The molecule has 0 unspecified atom stereocenters. The van der Waals surface area contributed by atoms with E-state index in [1.165, 1.54) is 13.1 Å². The number of ketones is 1. The van der Waals surface area contributed by atoms with Crippen molar-refractivity contribution >= 4 is 23.6 Å². The molecule has 0 saturated carbocycles. The second kappa shape index (κ2) is 5.15. The van der Waals surface area contributed by atoms with E-state index in [1.54, 1.807) is 6.92 Å². The number of hydrogen-bond donors (Lipinski definition) is 1. The molecule has 14 heavy (non-hydrogen) atoms. The molecule has 0 aliphatic heterocycles. The molecule has 0 fully saturated rings. The van der Waals surface area contributed by atoms with Gasteiger partial charge in [-0.25, -0.2) is 0 Å². The molecule has 0 radical (unpaired) electrons. The van der Waals surface area contributed by atoms with Crippen molar-refractivity contribution in [1.82, 2.24) is 5.43 Å². The van der Waals surface area contributed by atoms with Crippen LogP contribution in [0.5, 0.6) is 0 Å². The molecule has 0 rings (SSSR count). The molecule has 0 saturated heterocycles. The zero-order valence-corrected chi connectivity index (χ0v) is 10.1. The van der Waals surface area contributed by atoms with E-state index in [-0.39, 0.29) is 11.3 Å². The van der Waals surface area contributed by atoms with E-state index in [4.69, 9.17) is 11.6 Å². The lowest BCUT2D eigenvalue weighted by molar-refractivity contribution is -0.113. The summed E-state index contributed by atoms with van der Waals surface area (Å²) in [5.41, 5.74) is 3.31. The molecule has 0 atom stereocenters. The van der Waals surface area contributed by atoms with Crippen molar-refractivity contribution in [2.75, 3.05) is 0 Å². The van der Waals surface area contributed by atoms with Crippen LogP contribution in [0.25, 0.3) is 0 Å². The maximum Gasteiger partial charge on any atom is 0.157 e. The SMILES string of the molecule is CC(=O)/C(C)=C(Cl)\C=N/NC(C)(C)C.